The van der Waals surface area contributed by atoms with Crippen LogP contribution in [0.15, 0.2) is 12.2 Å². The van der Waals surface area contributed by atoms with Gasteiger partial charge in [-0.25, -0.2) is 0 Å². The summed E-state index contributed by atoms with van der Waals surface area (Å²) < 4.78 is 0. The standard InChI is InChI=1S/C11H22/c1-8-11(7,9(2)3)10(4,5)6/h2,8H2,1,3-7H3. The molecule has 0 aromatic carbocycles. The van der Waals surface area contributed by atoms with Crippen LogP contribution in [-0.2, 0) is 0 Å². The molecule has 1 atom stereocenters. The lowest BCUT2D eigenvalue weighted by Crippen LogP contribution is -2.32. The molecule has 0 aliphatic rings. The van der Waals surface area contributed by atoms with Crippen molar-refractivity contribution in [2.75, 3.05) is 0 Å². The fraction of sp³-hybridized carbons (Fsp3) is 0.818. The van der Waals surface area contributed by atoms with E-state index >= 15 is 0 Å². The van der Waals surface area contributed by atoms with E-state index in [1.807, 2.05) is 0 Å². The predicted molar refractivity (Wildman–Crippen MR) is 52.7 cm³/mol. The van der Waals surface area contributed by atoms with Crippen LogP contribution in [0, 0.1) is 10.8 Å². The molecule has 0 amide bonds. The molecule has 11 heavy (non-hydrogen) atoms. The van der Waals surface area contributed by atoms with Gasteiger partial charge in [-0.1, -0.05) is 46.8 Å². The quantitative estimate of drug-likeness (QED) is 0.527. The Bertz CT molecular complexity index is 148. The van der Waals surface area contributed by atoms with E-state index < -0.39 is 0 Å². The number of rotatable bonds is 2. The molecule has 0 aliphatic heterocycles. The molecule has 0 heterocycles. The van der Waals surface area contributed by atoms with Gasteiger partial charge in [0.1, 0.15) is 0 Å². The highest BCUT2D eigenvalue weighted by Gasteiger charge is 2.35. The lowest BCUT2D eigenvalue weighted by molar-refractivity contribution is 0.148. The van der Waals surface area contributed by atoms with Crippen molar-refractivity contribution < 1.29 is 0 Å². The Labute approximate surface area is 71.7 Å². The molecule has 0 spiro atoms. The Morgan fingerprint density at radius 3 is 1.55 bits per heavy atom. The second kappa shape index (κ2) is 3.00. The van der Waals surface area contributed by atoms with Crippen LogP contribution in [0.1, 0.15) is 48.0 Å². The highest BCUT2D eigenvalue weighted by molar-refractivity contribution is 5.09. The summed E-state index contributed by atoms with van der Waals surface area (Å²) in [6.07, 6.45) is 1.17. The van der Waals surface area contributed by atoms with E-state index in [0.29, 0.717) is 5.41 Å². The Morgan fingerprint density at radius 2 is 1.55 bits per heavy atom. The molecule has 0 N–H and O–H groups in total. The molecule has 0 fully saturated rings. The van der Waals surface area contributed by atoms with Crippen LogP contribution in [0.25, 0.3) is 0 Å². The van der Waals surface area contributed by atoms with Gasteiger partial charge in [-0.2, -0.15) is 0 Å². The number of hydrogen-bond donors (Lipinski definition) is 0. The second-order valence-electron chi connectivity index (χ2n) is 4.72. The van der Waals surface area contributed by atoms with Gasteiger partial charge in [-0.05, 0) is 24.2 Å². The smallest absolute Gasteiger partial charge is 0.00759 e. The third-order valence-electron chi connectivity index (χ3n) is 3.30. The summed E-state index contributed by atoms with van der Waals surface area (Å²) in [6.45, 7) is 17.6. The van der Waals surface area contributed by atoms with Crippen molar-refractivity contribution in [1.82, 2.24) is 0 Å². The first-order chi connectivity index (χ1) is 4.75. The summed E-state index contributed by atoms with van der Waals surface area (Å²) >= 11 is 0. The van der Waals surface area contributed by atoms with E-state index in [1.54, 1.807) is 0 Å². The number of allylic oxidation sites excluding steroid dienone is 1. The van der Waals surface area contributed by atoms with Crippen LogP contribution in [0.4, 0.5) is 0 Å². The Balaban J connectivity index is 4.75. The average Bonchev–Trinajstić information content (AvgIpc) is 1.83. The Hall–Kier alpha value is -0.260. The zero-order valence-corrected chi connectivity index (χ0v) is 8.91. The van der Waals surface area contributed by atoms with Crippen molar-refractivity contribution in [3.8, 4) is 0 Å². The number of hydrogen-bond acceptors (Lipinski definition) is 0. The van der Waals surface area contributed by atoms with Crippen molar-refractivity contribution in [3.05, 3.63) is 12.2 Å². The molecule has 1 unspecified atom stereocenters. The summed E-state index contributed by atoms with van der Waals surface area (Å²) in [6, 6.07) is 0. The van der Waals surface area contributed by atoms with Gasteiger partial charge < -0.3 is 0 Å². The van der Waals surface area contributed by atoms with E-state index in [0.717, 1.165) is 0 Å². The molecule has 0 aliphatic carbocycles. The molecule has 0 aromatic rings. The topological polar surface area (TPSA) is 0 Å². The maximum Gasteiger partial charge on any atom is -0.00759 e. The van der Waals surface area contributed by atoms with E-state index in [2.05, 4.69) is 48.1 Å². The maximum atomic E-state index is 4.06. The van der Waals surface area contributed by atoms with Gasteiger partial charge in [0, 0.05) is 0 Å². The molecule has 0 bridgehead atoms. The minimum absolute atomic E-state index is 0.285. The molecule has 0 rings (SSSR count). The largest absolute Gasteiger partial charge is 0.0996 e. The van der Waals surface area contributed by atoms with Crippen molar-refractivity contribution in [1.29, 1.82) is 0 Å². The Kier molecular flexibility index (Phi) is 2.93. The lowest BCUT2D eigenvalue weighted by Gasteiger charge is -2.42. The predicted octanol–water partition coefficient (Wildman–Crippen LogP) is 4.02. The van der Waals surface area contributed by atoms with Crippen LogP contribution < -0.4 is 0 Å². The van der Waals surface area contributed by atoms with E-state index in [9.17, 15) is 0 Å². The third kappa shape index (κ3) is 1.85. The average molecular weight is 154 g/mol. The highest BCUT2D eigenvalue weighted by Crippen LogP contribution is 2.45. The molecule has 0 heteroatoms. The molecule has 0 saturated carbocycles. The zero-order valence-electron chi connectivity index (χ0n) is 8.91. The molecule has 66 valence electrons. The van der Waals surface area contributed by atoms with Gasteiger partial charge in [0.15, 0.2) is 0 Å². The van der Waals surface area contributed by atoms with Crippen LogP contribution >= 0.6 is 0 Å². The third-order valence-corrected chi connectivity index (χ3v) is 3.30. The lowest BCUT2D eigenvalue weighted by atomic mass is 9.63. The van der Waals surface area contributed by atoms with E-state index in [-0.39, 0.29) is 5.41 Å². The van der Waals surface area contributed by atoms with Gasteiger partial charge >= 0.3 is 0 Å². The minimum Gasteiger partial charge on any atom is -0.0996 e. The van der Waals surface area contributed by atoms with Crippen molar-refractivity contribution in [2.45, 2.75) is 48.0 Å². The van der Waals surface area contributed by atoms with Gasteiger partial charge in [-0.3, -0.25) is 0 Å². The van der Waals surface area contributed by atoms with Crippen LogP contribution in [-0.4, -0.2) is 0 Å². The monoisotopic (exact) mass is 154 g/mol. The molecular formula is C11H22. The van der Waals surface area contributed by atoms with Crippen LogP contribution in [0.2, 0.25) is 0 Å². The highest BCUT2D eigenvalue weighted by atomic mass is 14.4. The van der Waals surface area contributed by atoms with Gasteiger partial charge in [0.25, 0.3) is 0 Å². The van der Waals surface area contributed by atoms with Gasteiger partial charge in [0.05, 0.1) is 0 Å². The minimum atomic E-state index is 0.285. The fourth-order valence-electron chi connectivity index (χ4n) is 1.47. The van der Waals surface area contributed by atoms with Crippen molar-refractivity contribution >= 4 is 0 Å². The molecule has 0 aromatic heterocycles. The first-order valence-corrected chi connectivity index (χ1v) is 4.41. The molecule has 0 nitrogen and oxygen atoms in total. The van der Waals surface area contributed by atoms with Crippen LogP contribution in [0.5, 0.6) is 0 Å². The van der Waals surface area contributed by atoms with Gasteiger partial charge in [0.2, 0.25) is 0 Å². The maximum absolute atomic E-state index is 4.06. The fourth-order valence-corrected chi connectivity index (χ4v) is 1.47. The second-order valence-corrected chi connectivity index (χ2v) is 4.72. The van der Waals surface area contributed by atoms with Gasteiger partial charge in [-0.15, -0.1) is 0 Å². The summed E-state index contributed by atoms with van der Waals surface area (Å²) in [4.78, 5) is 0. The summed E-state index contributed by atoms with van der Waals surface area (Å²) in [5, 5.41) is 0. The summed E-state index contributed by atoms with van der Waals surface area (Å²) in [7, 11) is 0. The first kappa shape index (κ1) is 10.7. The Morgan fingerprint density at radius 1 is 1.18 bits per heavy atom. The molecule has 0 radical (unpaired) electrons. The van der Waals surface area contributed by atoms with Crippen LogP contribution in [0.3, 0.4) is 0 Å². The normalized spacial score (nSPS) is 17.6. The first-order valence-electron chi connectivity index (χ1n) is 4.41. The SMILES string of the molecule is C=C(C)C(C)(CC)C(C)(C)C. The molecule has 0 saturated heterocycles. The van der Waals surface area contributed by atoms with Crippen molar-refractivity contribution in [2.24, 2.45) is 10.8 Å². The zero-order chi connectivity index (χ0) is 9.28. The molecular weight excluding hydrogens is 132 g/mol. The summed E-state index contributed by atoms with van der Waals surface area (Å²) in [5.74, 6) is 0. The summed E-state index contributed by atoms with van der Waals surface area (Å²) in [5.41, 5.74) is 1.91. The van der Waals surface area contributed by atoms with E-state index in [4.69, 9.17) is 0 Å². The van der Waals surface area contributed by atoms with E-state index in [1.165, 1.54) is 12.0 Å². The van der Waals surface area contributed by atoms with Crippen molar-refractivity contribution in [3.63, 3.8) is 0 Å².